The maximum atomic E-state index is 14.5. The maximum Gasteiger partial charge on any atom is 0.330 e. The fourth-order valence-electron chi connectivity index (χ4n) is 3.56. The second-order valence-electron chi connectivity index (χ2n) is 8.85. The number of aromatic amines is 1. The third kappa shape index (κ3) is 7.11. The number of carbonyl (C=O) groups excluding carboxylic acids is 1. The molecule has 1 fully saturated rings. The van der Waals surface area contributed by atoms with Gasteiger partial charge in [0.15, 0.2) is 11.8 Å². The van der Waals surface area contributed by atoms with Crippen molar-refractivity contribution in [1.82, 2.24) is 14.6 Å². The Hall–Kier alpha value is -2.23. The number of carbonyl (C=O) groups is 1. The molecule has 4 N–H and O–H groups in total. The minimum atomic E-state index is -3.85. The van der Waals surface area contributed by atoms with Crippen LogP contribution in [0.2, 0.25) is 5.02 Å². The number of rotatable bonds is 11. The summed E-state index contributed by atoms with van der Waals surface area (Å²) in [5.74, 6) is -0.533. The van der Waals surface area contributed by atoms with Gasteiger partial charge in [0.05, 0.1) is 12.7 Å². The molecule has 2 aromatic rings. The molecular formula is C22H27ClF2N3O9PS. The number of hydrogen-bond acceptors (Lipinski definition) is 10. The summed E-state index contributed by atoms with van der Waals surface area (Å²) in [5, 5.41) is 23.4. The fraction of sp³-hybridized carbons (Fsp3) is 0.500. The summed E-state index contributed by atoms with van der Waals surface area (Å²) >= 11 is 11.2. The standard InChI is InChI=1S/C22H27ClF2N3O9PS/c1-11(2)35-19(32)12(3)27-38(39,37-13-7-5-4-6-8-13)34-10-22(20(24)25)16(30)15(29)18(36-22)28-9-14(23)17(31)26-21(28)33/h4-9,11-12,15-16,18,20,29-30H,10H2,1-3H3,(H,27,39)(H,26,31,33)/t12-,15+,16+,18+,22+,38?/m0/s1. The Labute approximate surface area is 231 Å². The predicted octanol–water partition coefficient (Wildman–Crippen LogP) is 1.69. The van der Waals surface area contributed by atoms with Crippen LogP contribution in [0.25, 0.3) is 0 Å². The van der Waals surface area contributed by atoms with Gasteiger partial charge in [0, 0.05) is 6.20 Å². The highest BCUT2D eigenvalue weighted by Crippen LogP contribution is 2.49. The molecule has 3 rings (SSSR count). The summed E-state index contributed by atoms with van der Waals surface area (Å²) in [6.07, 6.45) is -9.43. The summed E-state index contributed by atoms with van der Waals surface area (Å²) in [6, 6.07) is 6.85. The van der Waals surface area contributed by atoms with Crippen molar-refractivity contribution in [3.8, 4) is 5.75 Å². The van der Waals surface area contributed by atoms with E-state index in [1.807, 2.05) is 4.98 Å². The third-order valence-electron chi connectivity index (χ3n) is 5.51. The first-order chi connectivity index (χ1) is 18.2. The number of alkyl halides is 2. The lowest BCUT2D eigenvalue weighted by atomic mass is 9.96. The molecule has 2 heterocycles. The number of aliphatic hydroxyl groups excluding tert-OH is 2. The summed E-state index contributed by atoms with van der Waals surface area (Å²) in [5.41, 5.74) is -5.01. The van der Waals surface area contributed by atoms with Gasteiger partial charge in [-0.15, -0.1) is 0 Å². The monoisotopic (exact) mass is 613 g/mol. The van der Waals surface area contributed by atoms with Crippen molar-refractivity contribution in [3.05, 3.63) is 62.4 Å². The molecule has 0 radical (unpaired) electrons. The number of nitrogens with zero attached hydrogens (tertiary/aromatic N) is 1. The fourth-order valence-corrected chi connectivity index (χ4v) is 6.14. The Morgan fingerprint density at radius 2 is 1.92 bits per heavy atom. The first-order valence-electron chi connectivity index (χ1n) is 11.5. The topological polar surface area (TPSA) is 161 Å². The van der Waals surface area contributed by atoms with Gasteiger partial charge in [-0.3, -0.25) is 19.1 Å². The number of nitrogens with one attached hydrogen (secondary N) is 2. The van der Waals surface area contributed by atoms with E-state index >= 15 is 0 Å². The molecule has 0 spiro atoms. The first kappa shape index (κ1) is 31.3. The number of para-hydroxylation sites is 1. The zero-order chi connectivity index (χ0) is 29.1. The van der Waals surface area contributed by atoms with Crippen molar-refractivity contribution in [2.24, 2.45) is 0 Å². The molecule has 39 heavy (non-hydrogen) atoms. The smallest absolute Gasteiger partial charge is 0.330 e. The number of ether oxygens (including phenoxy) is 2. The van der Waals surface area contributed by atoms with E-state index in [2.05, 4.69) is 5.09 Å². The molecule has 17 heteroatoms. The second-order valence-corrected chi connectivity index (χ2v) is 12.4. The highest BCUT2D eigenvalue weighted by molar-refractivity contribution is 8.09. The van der Waals surface area contributed by atoms with Crippen LogP contribution in [0.4, 0.5) is 8.78 Å². The maximum absolute atomic E-state index is 14.5. The molecule has 1 aliphatic rings. The quantitative estimate of drug-likeness (QED) is 0.216. The van der Waals surface area contributed by atoms with Gasteiger partial charge >= 0.3 is 18.3 Å². The van der Waals surface area contributed by atoms with Crippen molar-refractivity contribution in [1.29, 1.82) is 0 Å². The zero-order valence-corrected chi connectivity index (χ0v) is 23.3. The molecule has 1 aromatic heterocycles. The Morgan fingerprint density at radius 3 is 2.51 bits per heavy atom. The van der Waals surface area contributed by atoms with E-state index < -0.39 is 78.1 Å². The molecule has 216 valence electrons. The predicted molar refractivity (Wildman–Crippen MR) is 138 cm³/mol. The number of benzene rings is 1. The minimum Gasteiger partial charge on any atom is -0.462 e. The van der Waals surface area contributed by atoms with Crippen LogP contribution in [0.1, 0.15) is 27.0 Å². The van der Waals surface area contributed by atoms with E-state index in [-0.39, 0.29) is 5.75 Å². The van der Waals surface area contributed by atoms with Crippen LogP contribution in [0.5, 0.6) is 5.75 Å². The van der Waals surface area contributed by atoms with Gasteiger partial charge in [0.2, 0.25) is 0 Å². The van der Waals surface area contributed by atoms with E-state index in [1.165, 1.54) is 19.1 Å². The van der Waals surface area contributed by atoms with E-state index in [1.54, 1.807) is 32.0 Å². The molecule has 1 unspecified atom stereocenters. The average Bonchev–Trinajstić information content (AvgIpc) is 3.11. The van der Waals surface area contributed by atoms with Crippen LogP contribution >= 0.6 is 18.2 Å². The van der Waals surface area contributed by atoms with Gasteiger partial charge in [-0.25, -0.2) is 18.7 Å². The van der Waals surface area contributed by atoms with Crippen molar-refractivity contribution in [3.63, 3.8) is 0 Å². The number of H-pyrrole nitrogens is 1. The molecule has 0 saturated carbocycles. The molecule has 6 atom stereocenters. The lowest BCUT2D eigenvalue weighted by Crippen LogP contribution is -2.53. The SMILES string of the molecule is CC(C)OC(=O)[C@H](C)NP(=S)(OC[C@@]1(C(F)F)O[C@@H](n2cc(Cl)c(=O)[nH]c2=O)[C@H](O)[C@H]1O)Oc1ccccc1. The number of halogens is 3. The Balaban J connectivity index is 1.92. The van der Waals surface area contributed by atoms with Gasteiger partial charge in [-0.1, -0.05) is 29.8 Å². The van der Waals surface area contributed by atoms with Crippen LogP contribution in [0.15, 0.2) is 46.1 Å². The van der Waals surface area contributed by atoms with Crippen molar-refractivity contribution in [2.45, 2.75) is 63.4 Å². The Morgan fingerprint density at radius 1 is 1.28 bits per heavy atom. The number of aliphatic hydroxyl groups is 2. The van der Waals surface area contributed by atoms with Gasteiger partial charge in [-0.05, 0) is 44.7 Å². The van der Waals surface area contributed by atoms with Gasteiger partial charge < -0.3 is 28.7 Å². The van der Waals surface area contributed by atoms with E-state index in [0.717, 1.165) is 6.20 Å². The van der Waals surface area contributed by atoms with Crippen LogP contribution in [-0.4, -0.2) is 68.7 Å². The molecular weight excluding hydrogens is 587 g/mol. The van der Waals surface area contributed by atoms with Crippen LogP contribution in [0.3, 0.4) is 0 Å². The van der Waals surface area contributed by atoms with E-state index in [9.17, 15) is 33.4 Å². The lowest BCUT2D eigenvalue weighted by molar-refractivity contribution is -0.192. The largest absolute Gasteiger partial charge is 0.462 e. The number of hydrogen-bond donors (Lipinski definition) is 4. The molecule has 1 aliphatic heterocycles. The summed E-state index contributed by atoms with van der Waals surface area (Å²) in [4.78, 5) is 38.1. The molecule has 0 amide bonds. The number of aromatic nitrogens is 2. The Bertz CT molecular complexity index is 1330. The van der Waals surface area contributed by atoms with E-state index in [0.29, 0.717) is 4.57 Å². The van der Waals surface area contributed by atoms with Crippen molar-refractivity contribution in [2.75, 3.05) is 6.61 Å². The minimum absolute atomic E-state index is 0.184. The zero-order valence-electron chi connectivity index (χ0n) is 20.8. The Kier molecular flexibility index (Phi) is 10.0. The highest BCUT2D eigenvalue weighted by atomic mass is 35.5. The normalized spacial score (nSPS) is 25.4. The first-order valence-corrected chi connectivity index (χ1v) is 14.5. The molecule has 0 aliphatic carbocycles. The summed E-state index contributed by atoms with van der Waals surface area (Å²) in [6.45, 7) is -0.333. The average molecular weight is 614 g/mol. The third-order valence-corrected chi connectivity index (χ3v) is 8.26. The van der Waals surface area contributed by atoms with Crippen LogP contribution in [0, 0.1) is 0 Å². The van der Waals surface area contributed by atoms with Gasteiger partial charge in [-0.2, -0.15) is 0 Å². The molecule has 0 bridgehead atoms. The molecule has 1 aromatic carbocycles. The van der Waals surface area contributed by atoms with Gasteiger partial charge in [0.25, 0.3) is 12.0 Å². The summed E-state index contributed by atoms with van der Waals surface area (Å²) in [7, 11) is 0. The van der Waals surface area contributed by atoms with Crippen molar-refractivity contribution < 1.29 is 42.3 Å². The highest BCUT2D eigenvalue weighted by Gasteiger charge is 2.61. The van der Waals surface area contributed by atoms with Crippen LogP contribution in [-0.2, 0) is 30.6 Å². The van der Waals surface area contributed by atoms with Crippen LogP contribution < -0.4 is 20.9 Å². The summed E-state index contributed by atoms with van der Waals surface area (Å²) < 4.78 is 51.4. The molecule has 1 saturated heterocycles. The van der Waals surface area contributed by atoms with Crippen molar-refractivity contribution >= 4 is 36.0 Å². The molecule has 12 nitrogen and oxygen atoms in total. The van der Waals surface area contributed by atoms with E-state index in [4.69, 9.17) is 41.9 Å². The second kappa shape index (κ2) is 12.5. The number of esters is 1. The lowest BCUT2D eigenvalue weighted by Gasteiger charge is -2.34. The van der Waals surface area contributed by atoms with Gasteiger partial charge in [0.1, 0.15) is 29.0 Å².